The van der Waals surface area contributed by atoms with Crippen molar-refractivity contribution >= 4 is 61.9 Å². The van der Waals surface area contributed by atoms with Crippen LogP contribution in [0.5, 0.6) is 0 Å². The maximum absolute atomic E-state index is 13.1. The van der Waals surface area contributed by atoms with E-state index in [1.54, 1.807) is 6.21 Å². The van der Waals surface area contributed by atoms with E-state index < -0.39 is 5.82 Å². The first-order chi connectivity index (χ1) is 10.5. The Kier molecular flexibility index (Phi) is 4.43. The maximum atomic E-state index is 13.1. The Morgan fingerprint density at radius 3 is 2.68 bits per heavy atom. The number of pyridine rings is 1. The summed E-state index contributed by atoms with van der Waals surface area (Å²) in [5.74, 6) is -0.476. The number of aliphatic imine (C=N–C) groups is 1. The van der Waals surface area contributed by atoms with Crippen molar-refractivity contribution in [3.05, 3.63) is 68.5 Å². The molecule has 2 nitrogen and oxygen atoms in total. The van der Waals surface area contributed by atoms with E-state index in [9.17, 15) is 4.39 Å². The molecular formula is C16H8BrCl2FN2. The first-order valence-corrected chi connectivity index (χ1v) is 7.83. The Hall–Kier alpha value is -1.49. The lowest BCUT2D eigenvalue weighted by Gasteiger charge is -2.03. The van der Waals surface area contributed by atoms with E-state index in [1.807, 2.05) is 24.3 Å². The van der Waals surface area contributed by atoms with Gasteiger partial charge in [0.15, 0.2) is 0 Å². The summed E-state index contributed by atoms with van der Waals surface area (Å²) in [6.45, 7) is 0. The normalized spacial score (nSPS) is 11.5. The highest BCUT2D eigenvalue weighted by Gasteiger charge is 2.04. The van der Waals surface area contributed by atoms with Crippen molar-refractivity contribution in [3.8, 4) is 0 Å². The van der Waals surface area contributed by atoms with Gasteiger partial charge < -0.3 is 0 Å². The molecule has 1 aromatic heterocycles. The van der Waals surface area contributed by atoms with Gasteiger partial charge in [-0.3, -0.25) is 4.99 Å². The van der Waals surface area contributed by atoms with Gasteiger partial charge in [-0.15, -0.1) is 0 Å². The lowest BCUT2D eigenvalue weighted by molar-refractivity contribution is 0.628. The lowest BCUT2D eigenvalue weighted by Crippen LogP contribution is -1.89. The molecule has 0 bridgehead atoms. The Bertz CT molecular complexity index is 897. The Balaban J connectivity index is 2.00. The van der Waals surface area contributed by atoms with Crippen LogP contribution in [0.1, 0.15) is 5.56 Å². The Morgan fingerprint density at radius 2 is 1.91 bits per heavy atom. The molecule has 0 saturated heterocycles. The number of benzene rings is 2. The largest absolute Gasteiger partial charge is 0.256 e. The second kappa shape index (κ2) is 6.32. The molecule has 0 unspecified atom stereocenters. The summed E-state index contributed by atoms with van der Waals surface area (Å²) in [7, 11) is 0. The van der Waals surface area contributed by atoms with E-state index in [1.165, 1.54) is 18.2 Å². The highest BCUT2D eigenvalue weighted by molar-refractivity contribution is 9.10. The first-order valence-electron chi connectivity index (χ1n) is 6.28. The zero-order valence-electron chi connectivity index (χ0n) is 11.0. The van der Waals surface area contributed by atoms with Gasteiger partial charge in [0.05, 0.1) is 16.2 Å². The molecule has 2 aromatic carbocycles. The van der Waals surface area contributed by atoms with Crippen molar-refractivity contribution in [1.29, 1.82) is 0 Å². The average molecular weight is 398 g/mol. The highest BCUT2D eigenvalue weighted by Crippen LogP contribution is 2.24. The Labute approximate surface area is 144 Å². The lowest BCUT2D eigenvalue weighted by atomic mass is 10.2. The number of aromatic nitrogens is 1. The van der Waals surface area contributed by atoms with Crippen molar-refractivity contribution in [2.75, 3.05) is 0 Å². The molecule has 0 saturated carbocycles. The van der Waals surface area contributed by atoms with Gasteiger partial charge >= 0.3 is 0 Å². The molecule has 6 heteroatoms. The van der Waals surface area contributed by atoms with Crippen LogP contribution in [-0.2, 0) is 0 Å². The van der Waals surface area contributed by atoms with Gasteiger partial charge in [-0.05, 0) is 42.5 Å². The van der Waals surface area contributed by atoms with Crippen molar-refractivity contribution in [2.45, 2.75) is 0 Å². The summed E-state index contributed by atoms with van der Waals surface area (Å²) in [4.78, 5) is 8.58. The van der Waals surface area contributed by atoms with Crippen molar-refractivity contribution in [2.24, 2.45) is 4.99 Å². The molecule has 0 aliphatic heterocycles. The second-order valence-corrected chi connectivity index (χ2v) is 6.24. The van der Waals surface area contributed by atoms with Crippen LogP contribution in [-0.4, -0.2) is 11.2 Å². The van der Waals surface area contributed by atoms with Crippen LogP contribution in [0, 0.1) is 5.82 Å². The minimum atomic E-state index is -0.476. The number of rotatable bonds is 2. The SMILES string of the molecule is Fc1ccc(N=Cc2cc3cc(Br)ccc3nc2Cl)cc1Cl. The molecule has 1 heterocycles. The molecule has 0 spiro atoms. The number of halogens is 4. The smallest absolute Gasteiger partial charge is 0.141 e. The van der Waals surface area contributed by atoms with Crippen LogP contribution in [0.4, 0.5) is 10.1 Å². The summed E-state index contributed by atoms with van der Waals surface area (Å²) in [6.07, 6.45) is 1.58. The predicted octanol–water partition coefficient (Wildman–Crippen LogP) is 6.19. The van der Waals surface area contributed by atoms with E-state index in [2.05, 4.69) is 25.9 Å². The van der Waals surface area contributed by atoms with Crippen LogP contribution in [0.3, 0.4) is 0 Å². The van der Waals surface area contributed by atoms with Gasteiger partial charge in [-0.2, -0.15) is 0 Å². The third-order valence-electron chi connectivity index (χ3n) is 3.01. The van der Waals surface area contributed by atoms with E-state index in [0.29, 0.717) is 16.4 Å². The molecule has 0 amide bonds. The van der Waals surface area contributed by atoms with Gasteiger partial charge in [0.2, 0.25) is 0 Å². The fourth-order valence-corrected chi connectivity index (χ4v) is 2.69. The van der Waals surface area contributed by atoms with Crippen LogP contribution in [0.25, 0.3) is 10.9 Å². The summed E-state index contributed by atoms with van der Waals surface area (Å²) in [5.41, 5.74) is 2.01. The van der Waals surface area contributed by atoms with Crippen molar-refractivity contribution < 1.29 is 4.39 Å². The van der Waals surface area contributed by atoms with Gasteiger partial charge in [0, 0.05) is 21.6 Å². The summed E-state index contributed by atoms with van der Waals surface area (Å²) in [6, 6.07) is 11.9. The molecule has 3 rings (SSSR count). The number of hydrogen-bond acceptors (Lipinski definition) is 2. The first kappa shape index (κ1) is 15.4. The zero-order chi connectivity index (χ0) is 15.7. The highest BCUT2D eigenvalue weighted by atomic mass is 79.9. The number of fused-ring (bicyclic) bond motifs is 1. The summed E-state index contributed by atoms with van der Waals surface area (Å²) >= 11 is 15.3. The standard InChI is InChI=1S/C16H8BrCl2FN2/c17-11-1-4-15-9(6-11)5-10(16(19)22-15)8-21-12-2-3-14(20)13(18)7-12/h1-8H. The van der Waals surface area contributed by atoms with E-state index in [4.69, 9.17) is 23.2 Å². The molecule has 0 radical (unpaired) electrons. The zero-order valence-corrected chi connectivity index (χ0v) is 14.1. The summed E-state index contributed by atoms with van der Waals surface area (Å²) in [5, 5.41) is 1.32. The number of hydrogen-bond donors (Lipinski definition) is 0. The monoisotopic (exact) mass is 396 g/mol. The fourth-order valence-electron chi connectivity index (χ4n) is 1.94. The van der Waals surface area contributed by atoms with E-state index in [0.717, 1.165) is 15.4 Å². The molecular weight excluding hydrogens is 390 g/mol. The van der Waals surface area contributed by atoms with Crippen LogP contribution < -0.4 is 0 Å². The quantitative estimate of drug-likeness (QED) is 0.373. The fraction of sp³-hybridized carbons (Fsp3) is 0. The third-order valence-corrected chi connectivity index (χ3v) is 4.10. The van der Waals surface area contributed by atoms with E-state index >= 15 is 0 Å². The van der Waals surface area contributed by atoms with Gasteiger partial charge in [-0.1, -0.05) is 39.1 Å². The minimum Gasteiger partial charge on any atom is -0.256 e. The average Bonchev–Trinajstić information content (AvgIpc) is 2.49. The molecule has 0 aliphatic rings. The van der Waals surface area contributed by atoms with Crippen LogP contribution in [0.15, 0.2) is 51.9 Å². The molecule has 0 N–H and O–H groups in total. The van der Waals surface area contributed by atoms with Crippen molar-refractivity contribution in [3.63, 3.8) is 0 Å². The van der Waals surface area contributed by atoms with Crippen LogP contribution >= 0.6 is 39.1 Å². The number of nitrogens with zero attached hydrogens (tertiary/aromatic N) is 2. The topological polar surface area (TPSA) is 25.2 Å². The minimum absolute atomic E-state index is 0.0290. The molecule has 3 aromatic rings. The summed E-state index contributed by atoms with van der Waals surface area (Å²) < 4.78 is 14.1. The van der Waals surface area contributed by atoms with Crippen molar-refractivity contribution in [1.82, 2.24) is 4.98 Å². The van der Waals surface area contributed by atoms with Gasteiger partial charge in [-0.25, -0.2) is 9.37 Å². The molecule has 0 aliphatic carbocycles. The molecule has 110 valence electrons. The predicted molar refractivity (Wildman–Crippen MR) is 93.1 cm³/mol. The van der Waals surface area contributed by atoms with Gasteiger partial charge in [0.25, 0.3) is 0 Å². The molecule has 0 fully saturated rings. The third kappa shape index (κ3) is 3.29. The Morgan fingerprint density at radius 1 is 1.09 bits per heavy atom. The molecule has 0 atom stereocenters. The van der Waals surface area contributed by atoms with E-state index in [-0.39, 0.29) is 5.02 Å². The second-order valence-electron chi connectivity index (χ2n) is 4.56. The van der Waals surface area contributed by atoms with Gasteiger partial charge in [0.1, 0.15) is 11.0 Å². The van der Waals surface area contributed by atoms with Crippen LogP contribution in [0.2, 0.25) is 10.2 Å². The maximum Gasteiger partial charge on any atom is 0.141 e. The molecule has 22 heavy (non-hydrogen) atoms.